The number of benzene rings is 1. The highest BCUT2D eigenvalue weighted by Gasteiger charge is 2.42. The Morgan fingerprint density at radius 1 is 1.26 bits per heavy atom. The van der Waals surface area contributed by atoms with Gasteiger partial charge in [0, 0.05) is 32.3 Å². The van der Waals surface area contributed by atoms with E-state index >= 15 is 0 Å². The second-order valence-corrected chi connectivity index (χ2v) is 7.35. The number of cyclic esters (lactones) is 1. The van der Waals surface area contributed by atoms with E-state index in [-0.39, 0.29) is 5.91 Å². The Bertz CT molecular complexity index is 876. The van der Waals surface area contributed by atoms with Gasteiger partial charge in [0.05, 0.1) is 5.56 Å². The largest absolute Gasteiger partial charge is 0.445 e. The third-order valence-electron chi connectivity index (χ3n) is 5.26. The smallest absolute Gasteiger partial charge is 0.339 e. The molecule has 140 valence electrons. The fourth-order valence-electron chi connectivity index (χ4n) is 3.72. The van der Waals surface area contributed by atoms with Crippen LogP contribution in [0.15, 0.2) is 42.6 Å². The third kappa shape index (κ3) is 3.52. The third-order valence-corrected chi connectivity index (χ3v) is 5.26. The fourth-order valence-corrected chi connectivity index (χ4v) is 3.72. The second-order valence-electron chi connectivity index (χ2n) is 7.35. The van der Waals surface area contributed by atoms with Crippen LogP contribution in [0, 0.1) is 0 Å². The number of pyridine rings is 1. The molecule has 1 N–H and O–H groups in total. The average molecular weight is 365 g/mol. The van der Waals surface area contributed by atoms with E-state index in [0.717, 1.165) is 30.0 Å². The number of esters is 1. The molecule has 4 rings (SSSR count). The van der Waals surface area contributed by atoms with Crippen LogP contribution in [0.5, 0.6) is 0 Å². The van der Waals surface area contributed by atoms with Crippen molar-refractivity contribution in [1.82, 2.24) is 10.3 Å². The highest BCUT2D eigenvalue weighted by molar-refractivity contribution is 5.97. The molecule has 1 aromatic heterocycles. The molecule has 6 nitrogen and oxygen atoms in total. The maximum absolute atomic E-state index is 12.8. The number of ether oxygens (including phenoxy) is 1. The predicted molar refractivity (Wildman–Crippen MR) is 101 cm³/mol. The van der Waals surface area contributed by atoms with Crippen molar-refractivity contribution in [2.45, 2.75) is 38.3 Å². The molecule has 2 aliphatic heterocycles. The van der Waals surface area contributed by atoms with Crippen LogP contribution >= 0.6 is 0 Å². The minimum Gasteiger partial charge on any atom is -0.445 e. The fraction of sp³-hybridized carbons (Fsp3) is 0.381. The Labute approximate surface area is 158 Å². The summed E-state index contributed by atoms with van der Waals surface area (Å²) in [6, 6.07) is 11.2. The summed E-state index contributed by atoms with van der Waals surface area (Å²) >= 11 is 0. The van der Waals surface area contributed by atoms with Gasteiger partial charge in [-0.15, -0.1) is 0 Å². The Hall–Kier alpha value is -2.89. The number of fused-ring (bicyclic) bond motifs is 1. The number of anilines is 1. The molecule has 1 unspecified atom stereocenters. The lowest BCUT2D eigenvalue weighted by Gasteiger charge is -2.33. The topological polar surface area (TPSA) is 71.5 Å². The number of carbonyl (C=O) groups excluding carboxylic acids is 2. The van der Waals surface area contributed by atoms with E-state index in [2.05, 4.69) is 15.2 Å². The maximum Gasteiger partial charge on any atom is 0.339 e. The Balaban J connectivity index is 1.44. The highest BCUT2D eigenvalue weighted by atomic mass is 16.6. The van der Waals surface area contributed by atoms with Crippen LogP contribution in [-0.2, 0) is 22.5 Å². The summed E-state index contributed by atoms with van der Waals surface area (Å²) < 4.78 is 5.48. The molecular formula is C21H23N3O3. The first-order chi connectivity index (χ1) is 13.0. The van der Waals surface area contributed by atoms with Crippen LogP contribution in [0.4, 0.5) is 5.82 Å². The lowest BCUT2D eigenvalue weighted by molar-refractivity contribution is -0.139. The monoisotopic (exact) mass is 365 g/mol. The summed E-state index contributed by atoms with van der Waals surface area (Å²) in [6.07, 6.45) is 4.52. The predicted octanol–water partition coefficient (Wildman–Crippen LogP) is 2.47. The average Bonchev–Trinajstić information content (AvgIpc) is 3.21. The maximum atomic E-state index is 12.8. The number of amides is 1. The van der Waals surface area contributed by atoms with Crippen LogP contribution in [0.1, 0.15) is 41.3 Å². The summed E-state index contributed by atoms with van der Waals surface area (Å²) in [7, 11) is 0. The molecule has 1 atom stereocenters. The van der Waals surface area contributed by atoms with E-state index in [1.807, 2.05) is 24.3 Å². The van der Waals surface area contributed by atoms with E-state index in [1.165, 1.54) is 12.8 Å². The second kappa shape index (κ2) is 7.02. The first-order valence-electron chi connectivity index (χ1n) is 9.35. The molecule has 1 amide bonds. The molecule has 0 spiro atoms. The van der Waals surface area contributed by atoms with Crippen molar-refractivity contribution < 1.29 is 14.3 Å². The molecule has 0 bridgehead atoms. The minimum absolute atomic E-state index is 0.287. The van der Waals surface area contributed by atoms with Crippen molar-refractivity contribution >= 4 is 17.7 Å². The van der Waals surface area contributed by atoms with Gasteiger partial charge in [-0.25, -0.2) is 9.78 Å². The number of hydrogen-bond donors (Lipinski definition) is 1. The Kier molecular flexibility index (Phi) is 4.56. The normalized spacial score (nSPS) is 21.5. The van der Waals surface area contributed by atoms with Crippen LogP contribution in [0.25, 0.3) is 0 Å². The zero-order chi connectivity index (χ0) is 18.9. The zero-order valence-corrected chi connectivity index (χ0v) is 15.4. The van der Waals surface area contributed by atoms with Gasteiger partial charge >= 0.3 is 5.97 Å². The molecule has 2 aromatic rings. The van der Waals surface area contributed by atoms with Crippen LogP contribution < -0.4 is 10.2 Å². The van der Waals surface area contributed by atoms with E-state index < -0.39 is 11.6 Å². The lowest BCUT2D eigenvalue weighted by Crippen LogP contribution is -2.51. The lowest BCUT2D eigenvalue weighted by atomic mass is 9.89. The first-order valence-corrected chi connectivity index (χ1v) is 9.35. The van der Waals surface area contributed by atoms with Crippen molar-refractivity contribution in [3.05, 3.63) is 59.3 Å². The van der Waals surface area contributed by atoms with Gasteiger partial charge in [0.1, 0.15) is 5.82 Å². The zero-order valence-electron chi connectivity index (χ0n) is 15.4. The van der Waals surface area contributed by atoms with Crippen molar-refractivity contribution in [2.24, 2.45) is 0 Å². The number of nitrogens with one attached hydrogen (secondary N) is 1. The summed E-state index contributed by atoms with van der Waals surface area (Å²) in [4.78, 5) is 31.7. The Morgan fingerprint density at radius 3 is 2.85 bits per heavy atom. The molecule has 0 radical (unpaired) electrons. The van der Waals surface area contributed by atoms with Gasteiger partial charge in [-0.1, -0.05) is 18.2 Å². The molecule has 0 saturated carbocycles. The summed E-state index contributed by atoms with van der Waals surface area (Å²) in [5, 5.41) is 2.92. The molecule has 27 heavy (non-hydrogen) atoms. The van der Waals surface area contributed by atoms with Gasteiger partial charge in [0.25, 0.3) is 5.91 Å². The van der Waals surface area contributed by atoms with Gasteiger partial charge in [-0.05, 0) is 49.1 Å². The summed E-state index contributed by atoms with van der Waals surface area (Å²) in [6.45, 7) is 4.09. The van der Waals surface area contributed by atoms with E-state index in [4.69, 9.17) is 4.74 Å². The van der Waals surface area contributed by atoms with Crippen LogP contribution in [0.2, 0.25) is 0 Å². The first kappa shape index (κ1) is 17.5. The van der Waals surface area contributed by atoms with Crippen LogP contribution in [-0.4, -0.2) is 35.6 Å². The van der Waals surface area contributed by atoms with Gasteiger partial charge in [-0.2, -0.15) is 0 Å². The number of hydrogen-bond acceptors (Lipinski definition) is 5. The van der Waals surface area contributed by atoms with Crippen molar-refractivity contribution in [1.29, 1.82) is 0 Å². The molecule has 3 heterocycles. The van der Waals surface area contributed by atoms with E-state index in [9.17, 15) is 9.59 Å². The molecule has 6 heteroatoms. The Morgan fingerprint density at radius 2 is 2.04 bits per heavy atom. The van der Waals surface area contributed by atoms with Gasteiger partial charge in [-0.3, -0.25) is 4.79 Å². The molecule has 0 aliphatic carbocycles. The van der Waals surface area contributed by atoms with Crippen LogP contribution in [0.3, 0.4) is 0 Å². The van der Waals surface area contributed by atoms with E-state index in [0.29, 0.717) is 18.5 Å². The molecule has 1 aromatic carbocycles. The molecule has 1 saturated heterocycles. The van der Waals surface area contributed by atoms with Gasteiger partial charge < -0.3 is 15.0 Å². The van der Waals surface area contributed by atoms with Crippen molar-refractivity contribution in [2.75, 3.05) is 18.0 Å². The number of aromatic nitrogens is 1. The molecule has 2 aliphatic rings. The summed E-state index contributed by atoms with van der Waals surface area (Å²) in [5.74, 6) is 0.211. The van der Waals surface area contributed by atoms with Gasteiger partial charge in [0.2, 0.25) is 0 Å². The highest BCUT2D eigenvalue weighted by Crippen LogP contribution is 2.28. The van der Waals surface area contributed by atoms with Crippen molar-refractivity contribution in [3.8, 4) is 0 Å². The minimum atomic E-state index is -1.20. The molecular weight excluding hydrogens is 342 g/mol. The molecule has 1 fully saturated rings. The number of carbonyl (C=O) groups is 2. The number of rotatable bonds is 4. The summed E-state index contributed by atoms with van der Waals surface area (Å²) in [5.41, 5.74) is 1.15. The standard InChI is InChI=1S/C21H23N3O3/c1-21(13-16-6-2-3-7-17(16)19(25)27-21)20(26)23-14-15-8-9-22-18(12-15)24-10-4-5-11-24/h2-3,6-9,12H,4-5,10-11,13-14H2,1H3,(H,23,26). The quantitative estimate of drug-likeness (QED) is 0.843. The van der Waals surface area contributed by atoms with Crippen molar-refractivity contribution in [3.63, 3.8) is 0 Å². The number of nitrogens with zero attached hydrogens (tertiary/aromatic N) is 2. The van der Waals surface area contributed by atoms with Gasteiger partial charge in [0.15, 0.2) is 5.60 Å². The SMILES string of the molecule is CC1(C(=O)NCc2ccnc(N3CCCC3)c2)Cc2ccccc2C(=O)O1. The van der Waals surface area contributed by atoms with E-state index in [1.54, 1.807) is 25.3 Å².